The van der Waals surface area contributed by atoms with Crippen molar-refractivity contribution in [1.29, 1.82) is 0 Å². The van der Waals surface area contributed by atoms with Crippen LogP contribution in [-0.2, 0) is 0 Å². The number of hydrogen-bond donors (Lipinski definition) is 2. The van der Waals surface area contributed by atoms with E-state index < -0.39 is 0 Å². The molecule has 0 amide bonds. The molecular formula is C8H10BrNO. The Morgan fingerprint density at radius 1 is 1.55 bits per heavy atom. The van der Waals surface area contributed by atoms with Crippen molar-refractivity contribution < 1.29 is 5.11 Å². The van der Waals surface area contributed by atoms with Crippen molar-refractivity contribution in [1.82, 2.24) is 0 Å². The number of nitrogens with two attached hydrogens (primary N) is 1. The molecule has 0 aliphatic heterocycles. The lowest BCUT2D eigenvalue weighted by atomic mass is 10.1. The van der Waals surface area contributed by atoms with Crippen molar-refractivity contribution in [3.8, 4) is 5.75 Å². The van der Waals surface area contributed by atoms with Gasteiger partial charge in [0.1, 0.15) is 5.75 Å². The Hall–Kier alpha value is -0.540. The second-order valence-corrected chi connectivity index (χ2v) is 3.41. The predicted octanol–water partition coefficient (Wildman–Crippen LogP) is 2.17. The highest BCUT2D eigenvalue weighted by atomic mass is 79.9. The summed E-state index contributed by atoms with van der Waals surface area (Å²) in [4.78, 5) is 0. The lowest BCUT2D eigenvalue weighted by molar-refractivity contribution is 0.463. The maximum absolute atomic E-state index is 9.35. The highest BCUT2D eigenvalue weighted by Gasteiger charge is 2.04. The zero-order valence-electron chi connectivity index (χ0n) is 6.21. The van der Waals surface area contributed by atoms with E-state index in [1.165, 1.54) is 0 Å². The SMILES string of the molecule is C[C@@H](N)c1ccc(Br)cc1O. The fraction of sp³-hybridized carbons (Fsp3) is 0.250. The maximum atomic E-state index is 9.35. The van der Waals surface area contributed by atoms with Gasteiger partial charge < -0.3 is 10.8 Å². The van der Waals surface area contributed by atoms with Crippen LogP contribution in [-0.4, -0.2) is 5.11 Å². The molecule has 0 aromatic heterocycles. The summed E-state index contributed by atoms with van der Waals surface area (Å²) in [6.45, 7) is 1.84. The molecule has 1 aromatic rings. The first-order valence-electron chi connectivity index (χ1n) is 3.35. The first kappa shape index (κ1) is 8.56. The summed E-state index contributed by atoms with van der Waals surface area (Å²) in [5.41, 5.74) is 6.36. The smallest absolute Gasteiger partial charge is 0.121 e. The predicted molar refractivity (Wildman–Crippen MR) is 48.4 cm³/mol. The van der Waals surface area contributed by atoms with Gasteiger partial charge in [-0.3, -0.25) is 0 Å². The molecule has 0 bridgehead atoms. The van der Waals surface area contributed by atoms with Gasteiger partial charge in [-0.25, -0.2) is 0 Å². The van der Waals surface area contributed by atoms with Crippen molar-refractivity contribution in [3.63, 3.8) is 0 Å². The van der Waals surface area contributed by atoms with Gasteiger partial charge in [0.15, 0.2) is 0 Å². The summed E-state index contributed by atoms with van der Waals surface area (Å²) in [5.74, 6) is 0.245. The maximum Gasteiger partial charge on any atom is 0.121 e. The molecule has 11 heavy (non-hydrogen) atoms. The lowest BCUT2D eigenvalue weighted by Gasteiger charge is -2.07. The number of hydrogen-bond acceptors (Lipinski definition) is 2. The number of phenols is 1. The van der Waals surface area contributed by atoms with Gasteiger partial charge in [0.2, 0.25) is 0 Å². The van der Waals surface area contributed by atoms with Gasteiger partial charge in [-0.05, 0) is 19.1 Å². The van der Waals surface area contributed by atoms with E-state index in [9.17, 15) is 5.11 Å². The van der Waals surface area contributed by atoms with Crippen LogP contribution in [0.5, 0.6) is 5.75 Å². The Labute approximate surface area is 74.2 Å². The average molecular weight is 216 g/mol. The second-order valence-electron chi connectivity index (χ2n) is 2.49. The fourth-order valence-electron chi connectivity index (χ4n) is 0.902. The van der Waals surface area contributed by atoms with Crippen molar-refractivity contribution >= 4 is 15.9 Å². The molecule has 0 spiro atoms. The van der Waals surface area contributed by atoms with Gasteiger partial charge in [0.05, 0.1) is 0 Å². The van der Waals surface area contributed by atoms with E-state index in [1.807, 2.05) is 19.1 Å². The van der Waals surface area contributed by atoms with E-state index in [2.05, 4.69) is 15.9 Å². The zero-order valence-corrected chi connectivity index (χ0v) is 7.80. The summed E-state index contributed by atoms with van der Waals surface area (Å²) in [6.07, 6.45) is 0. The quantitative estimate of drug-likeness (QED) is 0.755. The summed E-state index contributed by atoms with van der Waals surface area (Å²) < 4.78 is 0.861. The number of halogens is 1. The van der Waals surface area contributed by atoms with E-state index in [0.29, 0.717) is 0 Å². The molecule has 0 fully saturated rings. The normalized spacial score (nSPS) is 13.0. The number of aromatic hydroxyl groups is 1. The fourth-order valence-corrected chi connectivity index (χ4v) is 1.25. The van der Waals surface area contributed by atoms with Crippen LogP contribution in [0.2, 0.25) is 0 Å². The van der Waals surface area contributed by atoms with E-state index in [1.54, 1.807) is 6.07 Å². The van der Waals surface area contributed by atoms with Gasteiger partial charge in [-0.15, -0.1) is 0 Å². The van der Waals surface area contributed by atoms with Gasteiger partial charge in [-0.2, -0.15) is 0 Å². The molecule has 0 saturated carbocycles. The standard InChI is InChI=1S/C8H10BrNO/c1-5(10)7-3-2-6(9)4-8(7)11/h2-5,11H,10H2,1H3/t5-/m1/s1. The molecule has 1 rings (SSSR count). The molecule has 1 aromatic carbocycles. The molecule has 0 unspecified atom stereocenters. The number of rotatable bonds is 1. The molecule has 3 heteroatoms. The Kier molecular flexibility index (Phi) is 2.52. The highest BCUT2D eigenvalue weighted by molar-refractivity contribution is 9.10. The zero-order chi connectivity index (χ0) is 8.43. The number of phenolic OH excluding ortho intramolecular Hbond substituents is 1. The third-order valence-corrected chi connectivity index (χ3v) is 1.98. The third kappa shape index (κ3) is 1.94. The Balaban J connectivity index is 3.09. The second kappa shape index (κ2) is 3.24. The van der Waals surface area contributed by atoms with Gasteiger partial charge in [-0.1, -0.05) is 22.0 Å². The Bertz CT molecular complexity index is 260. The van der Waals surface area contributed by atoms with E-state index in [0.717, 1.165) is 10.0 Å². The van der Waals surface area contributed by atoms with E-state index in [4.69, 9.17) is 5.73 Å². The van der Waals surface area contributed by atoms with Crippen LogP contribution in [0.3, 0.4) is 0 Å². The van der Waals surface area contributed by atoms with Gasteiger partial charge in [0.25, 0.3) is 0 Å². The van der Waals surface area contributed by atoms with Crippen molar-refractivity contribution in [2.45, 2.75) is 13.0 Å². The molecule has 0 aliphatic carbocycles. The van der Waals surface area contributed by atoms with Crippen LogP contribution < -0.4 is 5.73 Å². The van der Waals surface area contributed by atoms with Crippen molar-refractivity contribution in [2.24, 2.45) is 5.73 Å². The molecule has 1 atom stereocenters. The van der Waals surface area contributed by atoms with Gasteiger partial charge >= 0.3 is 0 Å². The van der Waals surface area contributed by atoms with Gasteiger partial charge in [0, 0.05) is 16.1 Å². The van der Waals surface area contributed by atoms with Crippen LogP contribution in [0.4, 0.5) is 0 Å². The third-order valence-electron chi connectivity index (χ3n) is 1.48. The summed E-state index contributed by atoms with van der Waals surface area (Å²) in [5, 5.41) is 9.35. The van der Waals surface area contributed by atoms with Crippen molar-refractivity contribution in [3.05, 3.63) is 28.2 Å². The molecule has 0 heterocycles. The Morgan fingerprint density at radius 2 is 2.18 bits per heavy atom. The highest BCUT2D eigenvalue weighted by Crippen LogP contribution is 2.25. The average Bonchev–Trinajstić information content (AvgIpc) is 1.85. The summed E-state index contributed by atoms with van der Waals surface area (Å²) >= 11 is 3.24. The first-order chi connectivity index (χ1) is 5.11. The van der Waals surface area contributed by atoms with Crippen LogP contribution in [0, 0.1) is 0 Å². The van der Waals surface area contributed by atoms with E-state index >= 15 is 0 Å². The Morgan fingerprint density at radius 3 is 2.64 bits per heavy atom. The molecular weight excluding hydrogens is 206 g/mol. The topological polar surface area (TPSA) is 46.2 Å². The summed E-state index contributed by atoms with van der Waals surface area (Å²) in [7, 11) is 0. The van der Waals surface area contributed by atoms with Crippen LogP contribution in [0.15, 0.2) is 22.7 Å². The molecule has 2 nitrogen and oxygen atoms in total. The van der Waals surface area contributed by atoms with Crippen molar-refractivity contribution in [2.75, 3.05) is 0 Å². The monoisotopic (exact) mass is 215 g/mol. The number of benzene rings is 1. The molecule has 60 valence electrons. The minimum atomic E-state index is -0.122. The molecule has 0 radical (unpaired) electrons. The molecule has 0 aliphatic rings. The molecule has 0 saturated heterocycles. The first-order valence-corrected chi connectivity index (χ1v) is 4.14. The van der Waals surface area contributed by atoms with Crippen LogP contribution in [0.25, 0.3) is 0 Å². The molecule has 3 N–H and O–H groups in total. The van der Waals surface area contributed by atoms with Crippen LogP contribution >= 0.6 is 15.9 Å². The largest absolute Gasteiger partial charge is 0.508 e. The lowest BCUT2D eigenvalue weighted by Crippen LogP contribution is -2.04. The van der Waals surface area contributed by atoms with E-state index in [-0.39, 0.29) is 11.8 Å². The summed E-state index contributed by atoms with van der Waals surface area (Å²) in [6, 6.07) is 5.18. The minimum Gasteiger partial charge on any atom is -0.508 e. The van der Waals surface area contributed by atoms with Crippen LogP contribution in [0.1, 0.15) is 18.5 Å². The minimum absolute atomic E-state index is 0.122.